The number of imidazole rings is 1. The van der Waals surface area contributed by atoms with Crippen LogP contribution >= 0.6 is 31.9 Å². The average Bonchev–Trinajstić information content (AvgIpc) is 3.25. The number of methoxy groups -OCH3 is 1. The molecule has 1 aromatic heterocycles. The molecule has 0 radical (unpaired) electrons. The fourth-order valence-corrected chi connectivity index (χ4v) is 7.25. The number of carbonyl (C=O) groups excluding carboxylic acids is 1. The van der Waals surface area contributed by atoms with Crippen molar-refractivity contribution in [3.63, 3.8) is 0 Å². The molecule has 6 nitrogen and oxygen atoms in total. The van der Waals surface area contributed by atoms with Gasteiger partial charge in [0.25, 0.3) is 0 Å². The van der Waals surface area contributed by atoms with Gasteiger partial charge in [0.1, 0.15) is 11.3 Å². The van der Waals surface area contributed by atoms with Crippen LogP contribution in [0.15, 0.2) is 38.2 Å². The Morgan fingerprint density at radius 2 is 2.09 bits per heavy atom. The molecule has 1 saturated carbocycles. The van der Waals surface area contributed by atoms with Crippen LogP contribution in [0.4, 0.5) is 5.95 Å². The number of fused-ring (bicyclic) bond motifs is 5. The van der Waals surface area contributed by atoms with Crippen molar-refractivity contribution < 1.29 is 14.6 Å². The first-order chi connectivity index (χ1) is 16.2. The molecule has 2 aliphatic rings. The van der Waals surface area contributed by atoms with E-state index in [9.17, 15) is 9.90 Å². The van der Waals surface area contributed by atoms with Gasteiger partial charge in [-0.15, -0.1) is 0 Å². The summed E-state index contributed by atoms with van der Waals surface area (Å²) in [7, 11) is 1.50. The summed E-state index contributed by atoms with van der Waals surface area (Å²) in [5.74, 6) is 0.768. The number of aromatic amines is 1. The summed E-state index contributed by atoms with van der Waals surface area (Å²) in [5, 5.41) is 10.1. The Morgan fingerprint density at radius 1 is 1.29 bits per heavy atom. The summed E-state index contributed by atoms with van der Waals surface area (Å²) >= 11 is 7.17. The second kappa shape index (κ2) is 8.48. The zero-order chi connectivity index (χ0) is 24.3. The molecule has 1 heterocycles. The van der Waals surface area contributed by atoms with E-state index in [2.05, 4.69) is 61.8 Å². The lowest BCUT2D eigenvalue weighted by molar-refractivity contribution is -0.161. The van der Waals surface area contributed by atoms with Crippen molar-refractivity contribution in [3.05, 3.63) is 49.9 Å². The van der Waals surface area contributed by atoms with Gasteiger partial charge in [-0.2, -0.15) is 0 Å². The molecule has 3 atom stereocenters. The molecule has 3 aromatic rings. The predicted molar refractivity (Wildman–Crippen MR) is 140 cm³/mol. The van der Waals surface area contributed by atoms with Crippen LogP contribution in [-0.2, 0) is 21.4 Å². The SMILES string of the molecule is COC(=O)[C@]1(C)CCC[C@]2(C)c3cc(Br)c4nc(N=Cc5cc(Br)ccc5O)[nH]c4c3CC[C@@H]12. The van der Waals surface area contributed by atoms with Crippen molar-refractivity contribution in [3.8, 4) is 5.75 Å². The third-order valence-electron chi connectivity index (χ3n) is 8.01. The number of hydrogen-bond acceptors (Lipinski definition) is 5. The van der Waals surface area contributed by atoms with E-state index in [4.69, 9.17) is 9.72 Å². The maximum atomic E-state index is 12.8. The number of rotatable bonds is 3. The highest BCUT2D eigenvalue weighted by atomic mass is 79.9. The van der Waals surface area contributed by atoms with E-state index < -0.39 is 5.41 Å². The van der Waals surface area contributed by atoms with Crippen LogP contribution in [0.3, 0.4) is 0 Å². The number of carbonyl (C=O) groups is 1. The van der Waals surface area contributed by atoms with E-state index >= 15 is 0 Å². The van der Waals surface area contributed by atoms with Crippen molar-refractivity contribution in [2.24, 2.45) is 16.3 Å². The highest BCUT2D eigenvalue weighted by Crippen LogP contribution is 2.58. The van der Waals surface area contributed by atoms with Gasteiger partial charge in [0, 0.05) is 20.7 Å². The quantitative estimate of drug-likeness (QED) is 0.262. The Hall–Kier alpha value is -2.19. The minimum Gasteiger partial charge on any atom is -0.507 e. The standard InChI is InChI=1S/C26H27Br2N3O3/c1-25-9-4-10-26(2,23(33)34-3)20(25)8-6-16-17(25)12-18(28)22-21(16)30-24(31-22)29-13-14-11-15(27)5-7-19(14)32/h5,7,11-13,20,32H,4,6,8-10H2,1-3H3,(H,30,31)/t20-,25-,26-/m1/s1. The van der Waals surface area contributed by atoms with Gasteiger partial charge in [0.05, 0.1) is 18.0 Å². The molecule has 0 unspecified atom stereocenters. The fraction of sp³-hybridized carbons (Fsp3) is 0.423. The Morgan fingerprint density at radius 3 is 2.85 bits per heavy atom. The summed E-state index contributed by atoms with van der Waals surface area (Å²) in [5.41, 5.74) is 4.37. The maximum Gasteiger partial charge on any atom is 0.311 e. The van der Waals surface area contributed by atoms with E-state index in [-0.39, 0.29) is 23.1 Å². The molecule has 0 aliphatic heterocycles. The number of aromatic hydroxyl groups is 1. The smallest absolute Gasteiger partial charge is 0.311 e. The van der Waals surface area contributed by atoms with Crippen LogP contribution in [0, 0.1) is 11.3 Å². The van der Waals surface area contributed by atoms with Crippen LogP contribution in [0.2, 0.25) is 0 Å². The third-order valence-corrected chi connectivity index (χ3v) is 9.11. The predicted octanol–water partition coefficient (Wildman–Crippen LogP) is 6.73. The molecule has 0 saturated heterocycles. The number of H-pyrrole nitrogens is 1. The Labute approximate surface area is 215 Å². The van der Waals surface area contributed by atoms with Gasteiger partial charge in [-0.05, 0) is 95.3 Å². The minimum atomic E-state index is -0.476. The second-order valence-corrected chi connectivity index (χ2v) is 11.7. The fourth-order valence-electron chi connectivity index (χ4n) is 6.36. The number of hydrogen-bond donors (Lipinski definition) is 2. The monoisotopic (exact) mass is 587 g/mol. The first kappa shape index (κ1) is 23.5. The largest absolute Gasteiger partial charge is 0.507 e. The first-order valence-corrected chi connectivity index (χ1v) is 13.1. The van der Waals surface area contributed by atoms with E-state index in [1.54, 1.807) is 18.3 Å². The number of ether oxygens (including phenoxy) is 1. The van der Waals surface area contributed by atoms with Crippen LogP contribution in [0.1, 0.15) is 56.2 Å². The highest BCUT2D eigenvalue weighted by molar-refractivity contribution is 9.11. The lowest BCUT2D eigenvalue weighted by Gasteiger charge is -2.54. The van der Waals surface area contributed by atoms with Gasteiger partial charge in [0.15, 0.2) is 0 Å². The number of aliphatic imine (C=N–C) groups is 1. The topological polar surface area (TPSA) is 87.6 Å². The molecule has 1 fully saturated rings. The molecular formula is C26H27Br2N3O3. The molecule has 2 aliphatic carbocycles. The van der Waals surface area contributed by atoms with Gasteiger partial charge in [0.2, 0.25) is 5.95 Å². The molecule has 0 amide bonds. The lowest BCUT2D eigenvalue weighted by Crippen LogP contribution is -2.52. The number of benzene rings is 2. The second-order valence-electron chi connectivity index (χ2n) is 9.90. The molecule has 178 valence electrons. The number of phenols is 1. The van der Waals surface area contributed by atoms with E-state index in [1.807, 2.05) is 6.07 Å². The molecule has 5 rings (SSSR count). The van der Waals surface area contributed by atoms with Gasteiger partial charge in [-0.1, -0.05) is 29.3 Å². The van der Waals surface area contributed by atoms with Crippen molar-refractivity contribution in [2.75, 3.05) is 7.11 Å². The van der Waals surface area contributed by atoms with Crippen LogP contribution < -0.4 is 0 Å². The van der Waals surface area contributed by atoms with E-state index in [1.165, 1.54) is 18.2 Å². The van der Waals surface area contributed by atoms with Crippen LogP contribution in [0.25, 0.3) is 11.0 Å². The normalized spacial score (nSPS) is 26.4. The van der Waals surface area contributed by atoms with Crippen LogP contribution in [-0.4, -0.2) is 34.4 Å². The molecule has 0 bridgehead atoms. The molecular weight excluding hydrogens is 562 g/mol. The third kappa shape index (κ3) is 3.61. The minimum absolute atomic E-state index is 0.0963. The van der Waals surface area contributed by atoms with Crippen molar-refractivity contribution in [1.29, 1.82) is 0 Å². The Bertz CT molecular complexity index is 1330. The van der Waals surface area contributed by atoms with Gasteiger partial charge >= 0.3 is 5.97 Å². The Kier molecular flexibility index (Phi) is 5.88. The van der Waals surface area contributed by atoms with Crippen molar-refractivity contribution in [2.45, 2.75) is 51.4 Å². The number of aromatic nitrogens is 2. The molecule has 2 aromatic carbocycles. The van der Waals surface area contributed by atoms with E-state index in [0.717, 1.165) is 52.1 Å². The average molecular weight is 589 g/mol. The van der Waals surface area contributed by atoms with Crippen molar-refractivity contribution >= 4 is 61.0 Å². The van der Waals surface area contributed by atoms with Gasteiger partial charge < -0.3 is 14.8 Å². The first-order valence-electron chi connectivity index (χ1n) is 11.5. The van der Waals surface area contributed by atoms with Gasteiger partial charge in [-0.3, -0.25) is 4.79 Å². The van der Waals surface area contributed by atoms with E-state index in [0.29, 0.717) is 11.5 Å². The van der Waals surface area contributed by atoms with Crippen molar-refractivity contribution in [1.82, 2.24) is 9.97 Å². The van der Waals surface area contributed by atoms with Gasteiger partial charge in [-0.25, -0.2) is 9.98 Å². The number of phenolic OH excluding ortho intramolecular Hbond substituents is 1. The number of halogens is 2. The molecule has 0 spiro atoms. The summed E-state index contributed by atoms with van der Waals surface area (Å²) < 4.78 is 7.03. The zero-order valence-corrected chi connectivity index (χ0v) is 22.6. The molecule has 2 N–H and O–H groups in total. The maximum absolute atomic E-state index is 12.8. The lowest BCUT2D eigenvalue weighted by atomic mass is 9.50. The summed E-state index contributed by atoms with van der Waals surface area (Å²) in [4.78, 5) is 25.5. The summed E-state index contributed by atoms with van der Waals surface area (Å²) in [6.07, 6.45) is 6.29. The van der Waals surface area contributed by atoms with Crippen LogP contribution in [0.5, 0.6) is 5.75 Å². The number of esters is 1. The number of nitrogens with one attached hydrogen (secondary N) is 1. The zero-order valence-electron chi connectivity index (χ0n) is 19.4. The number of nitrogens with zero attached hydrogens (tertiary/aromatic N) is 2. The summed E-state index contributed by atoms with van der Waals surface area (Å²) in [6.45, 7) is 4.39. The number of aryl methyl sites for hydroxylation is 1. The molecule has 34 heavy (non-hydrogen) atoms. The summed E-state index contributed by atoms with van der Waals surface area (Å²) in [6, 6.07) is 7.41. The Balaban J connectivity index is 1.58. The molecule has 8 heteroatoms. The highest BCUT2D eigenvalue weighted by Gasteiger charge is 2.56.